The Morgan fingerprint density at radius 2 is 0.727 bits per heavy atom. The molecule has 2 amide bonds. The smallest absolute Gasteiger partial charge is 0.280 e. The van der Waals surface area contributed by atoms with Crippen molar-refractivity contribution in [2.75, 3.05) is 67.6 Å². The lowest BCUT2D eigenvalue weighted by molar-refractivity contribution is -0.906. The van der Waals surface area contributed by atoms with Crippen LogP contribution in [0, 0.1) is 0 Å². The SMILES string of the molecule is CCCCCCCCCCCC[N+](C)(C)[C@@H](CO)C(=O)NCCNC(=O)[C@H](CO)[N+](C)(C)CCCCCCCCCCCC. The molecule has 4 N–H and O–H groups in total. The normalized spacial score (nSPS) is 13.5. The summed E-state index contributed by atoms with van der Waals surface area (Å²) in [6.45, 7) is 6.36. The minimum atomic E-state index is -0.536. The fourth-order valence-corrected chi connectivity index (χ4v) is 6.17. The quantitative estimate of drug-likeness (QED) is 0.0565. The lowest BCUT2D eigenvalue weighted by atomic mass is 10.1. The number of aliphatic hydroxyl groups excluding tert-OH is 2. The van der Waals surface area contributed by atoms with Crippen LogP contribution in [0.4, 0.5) is 0 Å². The van der Waals surface area contributed by atoms with Crippen LogP contribution in [0.3, 0.4) is 0 Å². The Balaban J connectivity index is 4.29. The number of unbranched alkanes of at least 4 members (excludes halogenated alkanes) is 18. The highest BCUT2D eigenvalue weighted by atomic mass is 16.3. The number of likely N-dealkylation sites (N-methyl/N-ethyl adjacent to an activating group) is 2. The van der Waals surface area contributed by atoms with Crippen LogP contribution in [0.25, 0.3) is 0 Å². The van der Waals surface area contributed by atoms with Gasteiger partial charge in [0.05, 0.1) is 41.3 Å². The molecule has 0 aliphatic rings. The van der Waals surface area contributed by atoms with Crippen molar-refractivity contribution in [3.05, 3.63) is 0 Å². The minimum Gasteiger partial charge on any atom is -0.390 e. The number of carbonyl (C=O) groups is 2. The largest absolute Gasteiger partial charge is 0.390 e. The number of hydrogen-bond acceptors (Lipinski definition) is 4. The molecule has 262 valence electrons. The number of amides is 2. The number of nitrogens with one attached hydrogen (secondary N) is 2. The fraction of sp³-hybridized carbons (Fsp3) is 0.944. The molecule has 0 rings (SSSR count). The van der Waals surface area contributed by atoms with Crippen LogP contribution in [0.5, 0.6) is 0 Å². The van der Waals surface area contributed by atoms with Crippen LogP contribution in [0.1, 0.15) is 142 Å². The highest BCUT2D eigenvalue weighted by Crippen LogP contribution is 2.15. The molecule has 0 aliphatic carbocycles. The molecule has 0 heterocycles. The third-order valence-corrected chi connectivity index (χ3v) is 9.54. The van der Waals surface area contributed by atoms with Crippen molar-refractivity contribution in [1.29, 1.82) is 0 Å². The molecule has 0 saturated carbocycles. The molecule has 0 aliphatic heterocycles. The zero-order valence-corrected chi connectivity index (χ0v) is 30.1. The van der Waals surface area contributed by atoms with E-state index in [4.69, 9.17) is 0 Å². The standard InChI is InChI=1S/C36H74N4O4/c1-7-9-11-13-15-17-19-21-23-25-29-39(3,4)33(31-41)35(43)37-27-28-38-36(44)34(32-42)40(5,6)30-26-24-22-20-18-16-14-12-10-8-2/h33-34,41-42H,7-32H2,1-6H3/p+2/t33-,34-/m0/s1. The Morgan fingerprint density at radius 3 is 0.977 bits per heavy atom. The summed E-state index contributed by atoms with van der Waals surface area (Å²) in [5, 5.41) is 25.9. The first kappa shape index (κ1) is 42.8. The van der Waals surface area contributed by atoms with E-state index in [2.05, 4.69) is 24.5 Å². The molecule has 0 bridgehead atoms. The van der Waals surface area contributed by atoms with Gasteiger partial charge in [0.15, 0.2) is 12.1 Å². The summed E-state index contributed by atoms with van der Waals surface area (Å²) >= 11 is 0. The van der Waals surface area contributed by atoms with E-state index in [0.29, 0.717) is 22.1 Å². The predicted molar refractivity (Wildman–Crippen MR) is 185 cm³/mol. The second-order valence-electron chi connectivity index (χ2n) is 14.3. The van der Waals surface area contributed by atoms with E-state index < -0.39 is 12.1 Å². The molecule has 8 heteroatoms. The second kappa shape index (κ2) is 26.9. The van der Waals surface area contributed by atoms with E-state index in [9.17, 15) is 19.8 Å². The molecule has 0 unspecified atom stereocenters. The van der Waals surface area contributed by atoms with Crippen molar-refractivity contribution >= 4 is 11.8 Å². The van der Waals surface area contributed by atoms with Crippen LogP contribution in [0.2, 0.25) is 0 Å². The molecule has 2 atom stereocenters. The van der Waals surface area contributed by atoms with Gasteiger partial charge in [-0.15, -0.1) is 0 Å². The zero-order chi connectivity index (χ0) is 33.1. The Labute approximate surface area is 272 Å². The number of aliphatic hydroxyl groups is 2. The molecule has 0 spiro atoms. The van der Waals surface area contributed by atoms with Gasteiger partial charge in [0, 0.05) is 13.1 Å². The van der Waals surface area contributed by atoms with Crippen molar-refractivity contribution < 1.29 is 28.8 Å². The Kier molecular flexibility index (Phi) is 26.2. The topological polar surface area (TPSA) is 98.7 Å². The zero-order valence-electron chi connectivity index (χ0n) is 30.1. The van der Waals surface area contributed by atoms with Crippen LogP contribution < -0.4 is 10.6 Å². The van der Waals surface area contributed by atoms with Gasteiger partial charge in [0.2, 0.25) is 0 Å². The maximum absolute atomic E-state index is 12.9. The second-order valence-corrected chi connectivity index (χ2v) is 14.3. The lowest BCUT2D eigenvalue weighted by Gasteiger charge is -2.36. The average Bonchev–Trinajstić information content (AvgIpc) is 2.97. The summed E-state index contributed by atoms with van der Waals surface area (Å²) < 4.78 is 0.895. The molecule has 0 aromatic carbocycles. The minimum absolute atomic E-state index is 0.186. The molecular weight excluding hydrogens is 552 g/mol. The maximum atomic E-state index is 12.9. The van der Waals surface area contributed by atoms with Crippen molar-refractivity contribution in [1.82, 2.24) is 10.6 Å². The predicted octanol–water partition coefficient (Wildman–Crippen LogP) is 5.94. The van der Waals surface area contributed by atoms with Crippen LogP contribution in [-0.4, -0.2) is 111 Å². The highest BCUT2D eigenvalue weighted by molar-refractivity contribution is 5.82. The maximum Gasteiger partial charge on any atom is 0.280 e. The molecule has 44 heavy (non-hydrogen) atoms. The molecule has 0 aromatic heterocycles. The summed E-state index contributed by atoms with van der Waals surface area (Å²) in [5.74, 6) is -0.371. The van der Waals surface area contributed by atoms with Crippen molar-refractivity contribution in [2.45, 2.75) is 154 Å². The summed E-state index contributed by atoms with van der Waals surface area (Å²) in [6, 6.07) is -1.07. The van der Waals surface area contributed by atoms with E-state index in [1.165, 1.54) is 103 Å². The number of quaternary nitrogens is 2. The van der Waals surface area contributed by atoms with Gasteiger partial charge in [0.25, 0.3) is 11.8 Å². The number of carbonyl (C=O) groups excluding carboxylic acids is 2. The van der Waals surface area contributed by atoms with Gasteiger partial charge in [0.1, 0.15) is 13.2 Å². The fourth-order valence-electron chi connectivity index (χ4n) is 6.17. The number of nitrogens with zero attached hydrogens (tertiary/aromatic N) is 2. The Morgan fingerprint density at radius 1 is 0.477 bits per heavy atom. The molecule has 8 nitrogen and oxygen atoms in total. The van der Waals surface area contributed by atoms with Gasteiger partial charge in [-0.3, -0.25) is 9.59 Å². The van der Waals surface area contributed by atoms with Crippen LogP contribution in [-0.2, 0) is 9.59 Å². The summed E-state index contributed by atoms with van der Waals surface area (Å²) in [7, 11) is 8.04. The van der Waals surface area contributed by atoms with Crippen LogP contribution >= 0.6 is 0 Å². The first-order valence-electron chi connectivity index (χ1n) is 18.5. The third kappa shape index (κ3) is 20.7. The highest BCUT2D eigenvalue weighted by Gasteiger charge is 2.35. The summed E-state index contributed by atoms with van der Waals surface area (Å²) in [5.41, 5.74) is 0. The van der Waals surface area contributed by atoms with Gasteiger partial charge in [-0.2, -0.15) is 0 Å². The monoisotopic (exact) mass is 629 g/mol. The van der Waals surface area contributed by atoms with E-state index in [1.54, 1.807) is 0 Å². The third-order valence-electron chi connectivity index (χ3n) is 9.54. The molecular formula is C36H76N4O4+2. The van der Waals surface area contributed by atoms with Gasteiger partial charge in [-0.25, -0.2) is 0 Å². The molecule has 0 fully saturated rings. The molecule has 0 saturated heterocycles. The van der Waals surface area contributed by atoms with Gasteiger partial charge < -0.3 is 29.8 Å². The van der Waals surface area contributed by atoms with E-state index >= 15 is 0 Å². The number of hydrogen-bond donors (Lipinski definition) is 4. The van der Waals surface area contributed by atoms with E-state index in [-0.39, 0.29) is 25.0 Å². The van der Waals surface area contributed by atoms with Gasteiger partial charge in [-0.05, 0) is 25.7 Å². The first-order valence-corrected chi connectivity index (χ1v) is 18.5. The average molecular weight is 629 g/mol. The summed E-state index contributed by atoms with van der Waals surface area (Å²) in [4.78, 5) is 25.9. The van der Waals surface area contributed by atoms with E-state index in [1.807, 2.05) is 28.2 Å². The van der Waals surface area contributed by atoms with Crippen molar-refractivity contribution in [3.8, 4) is 0 Å². The van der Waals surface area contributed by atoms with Gasteiger partial charge >= 0.3 is 0 Å². The van der Waals surface area contributed by atoms with E-state index in [0.717, 1.165) is 38.8 Å². The Bertz CT molecular complexity index is 644. The lowest BCUT2D eigenvalue weighted by Crippen LogP contribution is -2.60. The molecule has 0 aromatic rings. The first-order chi connectivity index (χ1) is 21.1. The summed E-state index contributed by atoms with van der Waals surface area (Å²) in [6.07, 6.45) is 25.4. The Hall–Kier alpha value is -1.22. The number of rotatable bonds is 31. The van der Waals surface area contributed by atoms with Crippen molar-refractivity contribution in [2.24, 2.45) is 0 Å². The molecule has 0 radical (unpaired) electrons. The van der Waals surface area contributed by atoms with Crippen LogP contribution in [0.15, 0.2) is 0 Å². The van der Waals surface area contributed by atoms with Crippen molar-refractivity contribution in [3.63, 3.8) is 0 Å². The van der Waals surface area contributed by atoms with Gasteiger partial charge in [-0.1, -0.05) is 117 Å².